The van der Waals surface area contributed by atoms with Gasteiger partial charge in [-0.25, -0.2) is 0 Å². The van der Waals surface area contributed by atoms with E-state index in [1.165, 1.54) is 22.5 Å². The molecule has 0 aromatic heterocycles. The van der Waals surface area contributed by atoms with Gasteiger partial charge in [0.1, 0.15) is 5.75 Å². The second kappa shape index (κ2) is 6.31. The quantitative estimate of drug-likeness (QED) is 0.827. The Morgan fingerprint density at radius 3 is 2.17 bits per heavy atom. The average molecular weight is 322 g/mol. The predicted octanol–water partition coefficient (Wildman–Crippen LogP) is 4.52. The van der Waals surface area contributed by atoms with Crippen molar-refractivity contribution in [2.75, 3.05) is 26.1 Å². The number of rotatable bonds is 4. The van der Waals surface area contributed by atoms with Gasteiger partial charge in [-0.05, 0) is 67.8 Å². The van der Waals surface area contributed by atoms with E-state index in [1.807, 2.05) is 12.1 Å². The molecule has 126 valence electrons. The van der Waals surface area contributed by atoms with E-state index in [-0.39, 0.29) is 5.54 Å². The van der Waals surface area contributed by atoms with Crippen molar-refractivity contribution in [1.82, 2.24) is 0 Å². The van der Waals surface area contributed by atoms with Crippen LogP contribution < -0.4 is 9.64 Å². The van der Waals surface area contributed by atoms with Crippen molar-refractivity contribution < 1.29 is 4.74 Å². The maximum Gasteiger partial charge on any atom is 0.118 e. The van der Waals surface area contributed by atoms with E-state index in [0.717, 1.165) is 12.2 Å². The molecule has 1 aliphatic heterocycles. The fraction of sp³-hybridized carbons (Fsp3) is 0.381. The molecule has 0 aliphatic carbocycles. The van der Waals surface area contributed by atoms with Crippen molar-refractivity contribution in [2.45, 2.75) is 31.7 Å². The zero-order chi connectivity index (χ0) is 17.3. The molecule has 0 radical (unpaired) electrons. The molecule has 0 saturated carbocycles. The molecule has 0 spiro atoms. The van der Waals surface area contributed by atoms with Crippen LogP contribution in [0.15, 0.2) is 53.5 Å². The standard InChI is InChI=1S/C21H26N2O/c1-21(2)19(15-6-10-17(11-7-15)23(3)4)14-20(22-21)16-8-12-18(24-5)13-9-16/h6-13,19H,14H2,1-5H3. The SMILES string of the molecule is COc1ccc(C2=NC(C)(C)C(c3ccc(N(C)C)cc3)C2)cc1. The number of hydrogen-bond donors (Lipinski definition) is 0. The largest absolute Gasteiger partial charge is 0.497 e. The number of hydrogen-bond acceptors (Lipinski definition) is 3. The van der Waals surface area contributed by atoms with Gasteiger partial charge in [0.25, 0.3) is 0 Å². The number of methoxy groups -OCH3 is 1. The number of ether oxygens (including phenoxy) is 1. The van der Waals surface area contributed by atoms with Gasteiger partial charge in [-0.2, -0.15) is 0 Å². The first-order valence-electron chi connectivity index (χ1n) is 8.41. The Morgan fingerprint density at radius 1 is 1.00 bits per heavy atom. The van der Waals surface area contributed by atoms with Crippen LogP contribution in [-0.4, -0.2) is 32.5 Å². The van der Waals surface area contributed by atoms with E-state index in [4.69, 9.17) is 9.73 Å². The Hall–Kier alpha value is -2.29. The summed E-state index contributed by atoms with van der Waals surface area (Å²) in [4.78, 5) is 7.15. The maximum atomic E-state index is 5.25. The van der Waals surface area contributed by atoms with Gasteiger partial charge in [-0.1, -0.05) is 12.1 Å². The summed E-state index contributed by atoms with van der Waals surface area (Å²) >= 11 is 0. The molecule has 0 amide bonds. The monoisotopic (exact) mass is 322 g/mol. The fourth-order valence-electron chi connectivity index (χ4n) is 3.41. The minimum atomic E-state index is -0.0884. The number of aliphatic imine (C=N–C) groups is 1. The van der Waals surface area contributed by atoms with Gasteiger partial charge in [-0.15, -0.1) is 0 Å². The van der Waals surface area contributed by atoms with E-state index in [9.17, 15) is 0 Å². The van der Waals surface area contributed by atoms with Crippen LogP contribution >= 0.6 is 0 Å². The normalized spacial score (nSPS) is 19.0. The summed E-state index contributed by atoms with van der Waals surface area (Å²) < 4.78 is 5.25. The van der Waals surface area contributed by atoms with Crippen molar-refractivity contribution in [2.24, 2.45) is 4.99 Å². The van der Waals surface area contributed by atoms with Crippen LogP contribution in [0.4, 0.5) is 5.69 Å². The molecule has 0 bridgehead atoms. The Balaban J connectivity index is 1.84. The van der Waals surface area contributed by atoms with E-state index in [2.05, 4.69) is 69.2 Å². The van der Waals surface area contributed by atoms with Crippen LogP contribution in [0.25, 0.3) is 0 Å². The van der Waals surface area contributed by atoms with Crippen LogP contribution in [0.1, 0.15) is 37.3 Å². The number of benzene rings is 2. The third-order valence-electron chi connectivity index (χ3n) is 4.91. The second-order valence-corrected chi connectivity index (χ2v) is 7.18. The molecule has 1 heterocycles. The van der Waals surface area contributed by atoms with Gasteiger partial charge >= 0.3 is 0 Å². The molecular formula is C21H26N2O. The average Bonchev–Trinajstić information content (AvgIpc) is 2.90. The highest BCUT2D eigenvalue weighted by Crippen LogP contribution is 2.41. The molecule has 0 fully saturated rings. The molecule has 0 N–H and O–H groups in total. The lowest BCUT2D eigenvalue weighted by atomic mass is 9.81. The van der Waals surface area contributed by atoms with Crippen molar-refractivity contribution in [3.63, 3.8) is 0 Å². The smallest absolute Gasteiger partial charge is 0.118 e. The highest BCUT2D eigenvalue weighted by molar-refractivity contribution is 6.03. The highest BCUT2D eigenvalue weighted by Gasteiger charge is 2.37. The summed E-state index contributed by atoms with van der Waals surface area (Å²) in [5, 5.41) is 0. The molecule has 3 rings (SSSR count). The van der Waals surface area contributed by atoms with Crippen LogP contribution in [-0.2, 0) is 0 Å². The second-order valence-electron chi connectivity index (χ2n) is 7.18. The van der Waals surface area contributed by atoms with Gasteiger partial charge in [0, 0.05) is 31.4 Å². The highest BCUT2D eigenvalue weighted by atomic mass is 16.5. The topological polar surface area (TPSA) is 24.8 Å². The first-order valence-corrected chi connectivity index (χ1v) is 8.41. The van der Waals surface area contributed by atoms with Crippen LogP contribution in [0.2, 0.25) is 0 Å². The summed E-state index contributed by atoms with van der Waals surface area (Å²) in [5.41, 5.74) is 4.87. The maximum absolute atomic E-state index is 5.25. The Bertz CT molecular complexity index is 727. The van der Waals surface area contributed by atoms with Gasteiger partial charge in [-0.3, -0.25) is 4.99 Å². The first kappa shape index (κ1) is 16.6. The zero-order valence-electron chi connectivity index (χ0n) is 15.2. The van der Waals surface area contributed by atoms with E-state index < -0.39 is 0 Å². The minimum absolute atomic E-state index is 0.0884. The lowest BCUT2D eigenvalue weighted by Gasteiger charge is -2.25. The molecule has 3 nitrogen and oxygen atoms in total. The molecule has 1 aliphatic rings. The Kier molecular flexibility index (Phi) is 4.35. The fourth-order valence-corrected chi connectivity index (χ4v) is 3.41. The molecule has 3 heteroatoms. The molecule has 1 unspecified atom stereocenters. The van der Waals surface area contributed by atoms with E-state index in [0.29, 0.717) is 5.92 Å². The predicted molar refractivity (Wildman–Crippen MR) is 102 cm³/mol. The lowest BCUT2D eigenvalue weighted by molar-refractivity contribution is 0.415. The minimum Gasteiger partial charge on any atom is -0.497 e. The summed E-state index contributed by atoms with van der Waals surface area (Å²) in [5.74, 6) is 1.29. The van der Waals surface area contributed by atoms with Gasteiger partial charge in [0.05, 0.1) is 12.6 Å². The first-order chi connectivity index (χ1) is 11.4. The van der Waals surface area contributed by atoms with Crippen molar-refractivity contribution >= 4 is 11.4 Å². The van der Waals surface area contributed by atoms with Gasteiger partial charge < -0.3 is 9.64 Å². The third kappa shape index (κ3) is 3.16. The Labute approximate surface area is 145 Å². The molecule has 24 heavy (non-hydrogen) atoms. The molecule has 2 aromatic carbocycles. The molecular weight excluding hydrogens is 296 g/mol. The molecule has 0 saturated heterocycles. The van der Waals surface area contributed by atoms with Crippen molar-refractivity contribution in [1.29, 1.82) is 0 Å². The lowest BCUT2D eigenvalue weighted by Crippen LogP contribution is -2.22. The van der Waals surface area contributed by atoms with Crippen LogP contribution in [0.5, 0.6) is 5.75 Å². The Morgan fingerprint density at radius 2 is 1.62 bits per heavy atom. The van der Waals surface area contributed by atoms with Crippen molar-refractivity contribution in [3.8, 4) is 5.75 Å². The molecule has 2 aromatic rings. The zero-order valence-corrected chi connectivity index (χ0v) is 15.2. The third-order valence-corrected chi connectivity index (χ3v) is 4.91. The summed E-state index contributed by atoms with van der Waals surface area (Å²) in [6, 6.07) is 17.1. The van der Waals surface area contributed by atoms with Gasteiger partial charge in [0.2, 0.25) is 0 Å². The number of anilines is 1. The van der Waals surface area contributed by atoms with E-state index in [1.54, 1.807) is 7.11 Å². The number of nitrogens with zero attached hydrogens (tertiary/aromatic N) is 2. The summed E-state index contributed by atoms with van der Waals surface area (Å²) in [7, 11) is 5.83. The van der Waals surface area contributed by atoms with Crippen molar-refractivity contribution in [3.05, 3.63) is 59.7 Å². The van der Waals surface area contributed by atoms with E-state index >= 15 is 0 Å². The molecule has 1 atom stereocenters. The van der Waals surface area contributed by atoms with Gasteiger partial charge in [0.15, 0.2) is 0 Å². The summed E-state index contributed by atoms with van der Waals surface area (Å²) in [6.45, 7) is 4.46. The van der Waals surface area contributed by atoms with Crippen LogP contribution in [0, 0.1) is 0 Å². The van der Waals surface area contributed by atoms with Crippen LogP contribution in [0.3, 0.4) is 0 Å². The summed E-state index contributed by atoms with van der Waals surface area (Å²) in [6.07, 6.45) is 0.973.